The van der Waals surface area contributed by atoms with E-state index in [-0.39, 0.29) is 24.3 Å². The summed E-state index contributed by atoms with van der Waals surface area (Å²) in [5.41, 5.74) is 4.03. The molecule has 4 nitrogen and oxygen atoms in total. The lowest BCUT2D eigenvalue weighted by molar-refractivity contribution is -0.147. The number of hydrogen-bond donors (Lipinski definition) is 1. The smallest absolute Gasteiger partial charge is 0.310 e. The third kappa shape index (κ3) is 6.34. The Kier molecular flexibility index (Phi) is 9.13. The molecule has 5 heteroatoms. The Morgan fingerprint density at radius 2 is 1.95 bits per heavy atom. The minimum absolute atomic E-state index is 0. The molecule has 1 atom stereocenters. The molecule has 0 aromatic heterocycles. The molecule has 1 fully saturated rings. The van der Waals surface area contributed by atoms with Gasteiger partial charge < -0.3 is 4.74 Å². The molecular formula is C17H26ClNO3. The summed E-state index contributed by atoms with van der Waals surface area (Å²) in [5.74, 6) is 0.400. The highest BCUT2D eigenvalue weighted by atomic mass is 35.5. The summed E-state index contributed by atoms with van der Waals surface area (Å²) in [5, 5.41) is 0. The normalized spacial score (nSPS) is 16.0. The largest absolute Gasteiger partial charge is 0.469 e. The van der Waals surface area contributed by atoms with Crippen molar-refractivity contribution < 1.29 is 14.4 Å². The number of rotatable bonds is 8. The summed E-state index contributed by atoms with van der Waals surface area (Å²) in [7, 11) is 1.45. The maximum atomic E-state index is 11.8. The summed E-state index contributed by atoms with van der Waals surface area (Å²) in [6.07, 6.45) is 5.94. The minimum atomic E-state index is -0.141. The van der Waals surface area contributed by atoms with E-state index in [1.807, 2.05) is 30.3 Å². The summed E-state index contributed by atoms with van der Waals surface area (Å²) >= 11 is 0. The van der Waals surface area contributed by atoms with Gasteiger partial charge in [0.05, 0.1) is 19.6 Å². The van der Waals surface area contributed by atoms with Crippen LogP contribution in [0.2, 0.25) is 0 Å². The van der Waals surface area contributed by atoms with Crippen LogP contribution in [0.4, 0.5) is 0 Å². The Hall–Kier alpha value is -1.10. The molecule has 1 unspecified atom stereocenters. The zero-order valence-electron chi connectivity index (χ0n) is 13.1. The Morgan fingerprint density at radius 3 is 2.59 bits per heavy atom. The maximum absolute atomic E-state index is 11.8. The second-order valence-corrected chi connectivity index (χ2v) is 5.73. The van der Waals surface area contributed by atoms with Crippen molar-refractivity contribution in [1.29, 1.82) is 0 Å². The molecule has 1 aliphatic carbocycles. The first-order chi connectivity index (χ1) is 10.3. The quantitative estimate of drug-likeness (QED) is 0.451. The second kappa shape index (κ2) is 10.6. The van der Waals surface area contributed by atoms with Crippen LogP contribution < -0.4 is 5.48 Å². The lowest BCUT2D eigenvalue weighted by Crippen LogP contribution is -2.31. The summed E-state index contributed by atoms with van der Waals surface area (Å²) < 4.78 is 4.90. The molecule has 2 rings (SSSR count). The van der Waals surface area contributed by atoms with Crippen LogP contribution in [0.15, 0.2) is 30.3 Å². The highest BCUT2D eigenvalue weighted by molar-refractivity contribution is 5.85. The van der Waals surface area contributed by atoms with Gasteiger partial charge in [0.15, 0.2) is 0 Å². The topological polar surface area (TPSA) is 47.6 Å². The van der Waals surface area contributed by atoms with Crippen LogP contribution in [-0.2, 0) is 21.0 Å². The van der Waals surface area contributed by atoms with Crippen LogP contribution in [0.3, 0.4) is 0 Å². The van der Waals surface area contributed by atoms with E-state index < -0.39 is 0 Å². The zero-order valence-corrected chi connectivity index (χ0v) is 13.9. The molecular weight excluding hydrogens is 302 g/mol. The molecule has 22 heavy (non-hydrogen) atoms. The maximum Gasteiger partial charge on any atom is 0.310 e. The van der Waals surface area contributed by atoms with Crippen molar-refractivity contribution in [2.75, 3.05) is 13.7 Å². The molecule has 0 radical (unpaired) electrons. The first-order valence-electron chi connectivity index (χ1n) is 7.76. The molecule has 1 aliphatic rings. The number of carbonyl (C=O) groups excluding carboxylic acids is 1. The number of benzene rings is 1. The lowest BCUT2D eigenvalue weighted by Gasteiger charge is -2.18. The van der Waals surface area contributed by atoms with Crippen LogP contribution in [0.1, 0.15) is 37.7 Å². The van der Waals surface area contributed by atoms with Crippen molar-refractivity contribution in [3.63, 3.8) is 0 Å². The molecule has 0 spiro atoms. The molecule has 0 heterocycles. The number of esters is 1. The van der Waals surface area contributed by atoms with Crippen molar-refractivity contribution in [1.82, 2.24) is 5.48 Å². The fraction of sp³-hybridized carbons (Fsp3) is 0.588. The predicted octanol–water partition coefficient (Wildman–Crippen LogP) is 3.50. The standard InChI is InChI=1S/C17H25NO3.ClH/c1-20-17(19)16(11-14-7-5-6-8-14)12-18-21-13-15-9-3-2-4-10-15;/h2-4,9-10,14,16,18H,5-8,11-13H2,1H3;1H. The third-order valence-corrected chi connectivity index (χ3v) is 4.14. The van der Waals surface area contributed by atoms with E-state index in [4.69, 9.17) is 9.57 Å². The monoisotopic (exact) mass is 327 g/mol. The van der Waals surface area contributed by atoms with Gasteiger partial charge in [-0.1, -0.05) is 56.0 Å². The van der Waals surface area contributed by atoms with Crippen LogP contribution in [-0.4, -0.2) is 19.6 Å². The Morgan fingerprint density at radius 1 is 1.27 bits per heavy atom. The molecule has 0 aliphatic heterocycles. The average molecular weight is 328 g/mol. The van der Waals surface area contributed by atoms with Crippen molar-refractivity contribution >= 4 is 18.4 Å². The van der Waals surface area contributed by atoms with E-state index in [0.29, 0.717) is 19.1 Å². The summed E-state index contributed by atoms with van der Waals surface area (Å²) in [6, 6.07) is 9.97. The first kappa shape index (κ1) is 18.9. The van der Waals surface area contributed by atoms with Gasteiger partial charge in [-0.2, -0.15) is 0 Å². The van der Waals surface area contributed by atoms with Gasteiger partial charge in [0, 0.05) is 6.54 Å². The van der Waals surface area contributed by atoms with E-state index in [1.54, 1.807) is 0 Å². The SMILES string of the molecule is COC(=O)C(CNOCc1ccccc1)CC1CCCC1.Cl. The van der Waals surface area contributed by atoms with Gasteiger partial charge in [0.2, 0.25) is 0 Å². The molecule has 0 amide bonds. The Balaban J connectivity index is 0.00000242. The molecule has 1 aromatic carbocycles. The predicted molar refractivity (Wildman–Crippen MR) is 88.6 cm³/mol. The van der Waals surface area contributed by atoms with Crippen LogP contribution >= 0.6 is 12.4 Å². The first-order valence-corrected chi connectivity index (χ1v) is 7.76. The summed E-state index contributed by atoms with van der Waals surface area (Å²) in [4.78, 5) is 17.3. The van der Waals surface area contributed by atoms with Crippen LogP contribution in [0.25, 0.3) is 0 Å². The molecule has 1 saturated carbocycles. The minimum Gasteiger partial charge on any atom is -0.469 e. The average Bonchev–Trinajstić information content (AvgIpc) is 3.03. The fourth-order valence-corrected chi connectivity index (χ4v) is 2.95. The molecule has 0 bridgehead atoms. The number of ether oxygens (including phenoxy) is 1. The van der Waals surface area contributed by atoms with Gasteiger partial charge in [0.25, 0.3) is 0 Å². The van der Waals surface area contributed by atoms with Crippen molar-refractivity contribution in [3.05, 3.63) is 35.9 Å². The number of hydrogen-bond acceptors (Lipinski definition) is 4. The summed E-state index contributed by atoms with van der Waals surface area (Å²) in [6.45, 7) is 1.01. The van der Waals surface area contributed by atoms with Crippen molar-refractivity contribution in [3.8, 4) is 0 Å². The Bertz CT molecular complexity index is 421. The van der Waals surface area contributed by atoms with Gasteiger partial charge in [0.1, 0.15) is 0 Å². The van der Waals surface area contributed by atoms with Crippen molar-refractivity contribution in [2.24, 2.45) is 11.8 Å². The van der Waals surface area contributed by atoms with Crippen molar-refractivity contribution in [2.45, 2.75) is 38.7 Å². The highest BCUT2D eigenvalue weighted by Gasteiger charge is 2.25. The van der Waals surface area contributed by atoms with Gasteiger partial charge >= 0.3 is 5.97 Å². The third-order valence-electron chi connectivity index (χ3n) is 4.14. The number of nitrogens with one attached hydrogen (secondary N) is 1. The molecule has 1 N–H and O–H groups in total. The molecule has 1 aromatic rings. The van der Waals surface area contributed by atoms with Crippen LogP contribution in [0, 0.1) is 11.8 Å². The number of methoxy groups -OCH3 is 1. The molecule has 0 saturated heterocycles. The number of halogens is 1. The zero-order chi connectivity index (χ0) is 14.9. The van der Waals surface area contributed by atoms with Gasteiger partial charge in [-0.3, -0.25) is 9.63 Å². The number of carbonyl (C=O) groups is 1. The number of hydroxylamine groups is 1. The van der Waals surface area contributed by atoms with Gasteiger partial charge in [-0.25, -0.2) is 5.48 Å². The molecule has 124 valence electrons. The van der Waals surface area contributed by atoms with Gasteiger partial charge in [-0.05, 0) is 17.9 Å². The fourth-order valence-electron chi connectivity index (χ4n) is 2.95. The second-order valence-electron chi connectivity index (χ2n) is 5.73. The van der Waals surface area contributed by atoms with E-state index in [9.17, 15) is 4.79 Å². The van der Waals surface area contributed by atoms with Gasteiger partial charge in [-0.15, -0.1) is 12.4 Å². The van der Waals surface area contributed by atoms with E-state index >= 15 is 0 Å². The van der Waals surface area contributed by atoms with E-state index in [2.05, 4.69) is 5.48 Å². The Labute approximate surface area is 138 Å². The van der Waals surface area contributed by atoms with Crippen LogP contribution in [0.5, 0.6) is 0 Å². The van der Waals surface area contributed by atoms with E-state index in [1.165, 1.54) is 32.8 Å². The van der Waals surface area contributed by atoms with E-state index in [0.717, 1.165) is 12.0 Å². The highest BCUT2D eigenvalue weighted by Crippen LogP contribution is 2.30. The lowest BCUT2D eigenvalue weighted by atomic mass is 9.93.